The number of hydrogen-bond donors (Lipinski definition) is 3. The van der Waals surface area contributed by atoms with Crippen molar-refractivity contribution in [3.8, 4) is 0 Å². The third kappa shape index (κ3) is 3.26. The predicted molar refractivity (Wildman–Crippen MR) is 72.0 cm³/mol. The molecule has 0 radical (unpaired) electrons. The van der Waals surface area contributed by atoms with Gasteiger partial charge in [-0.2, -0.15) is 16.9 Å². The third-order valence-corrected chi connectivity index (χ3v) is 4.07. The van der Waals surface area contributed by atoms with E-state index >= 15 is 0 Å². The van der Waals surface area contributed by atoms with Crippen molar-refractivity contribution in [1.82, 2.24) is 15.5 Å². The standard InChI is InChI=1S/C12H19N3O2S/c16-6-2-7-18-8-5-13-12(17)11-9-3-1-4-10(9)14-15-11/h16H,1-8H2,(H,13,17)(H,14,15). The summed E-state index contributed by atoms with van der Waals surface area (Å²) in [6.07, 6.45) is 3.89. The van der Waals surface area contributed by atoms with Crippen molar-refractivity contribution in [1.29, 1.82) is 0 Å². The van der Waals surface area contributed by atoms with E-state index in [1.165, 1.54) is 0 Å². The number of thioether (sulfide) groups is 1. The molecule has 2 rings (SSSR count). The number of aliphatic hydroxyl groups is 1. The molecule has 1 aliphatic rings. The zero-order chi connectivity index (χ0) is 12.8. The first-order chi connectivity index (χ1) is 8.83. The van der Waals surface area contributed by atoms with Crippen molar-refractivity contribution in [3.63, 3.8) is 0 Å². The van der Waals surface area contributed by atoms with Crippen LogP contribution in [0.3, 0.4) is 0 Å². The lowest BCUT2D eigenvalue weighted by Gasteiger charge is -2.04. The first-order valence-corrected chi connectivity index (χ1v) is 7.51. The first-order valence-electron chi connectivity index (χ1n) is 6.36. The number of amides is 1. The molecule has 0 saturated heterocycles. The summed E-state index contributed by atoms with van der Waals surface area (Å²) in [6.45, 7) is 0.884. The highest BCUT2D eigenvalue weighted by molar-refractivity contribution is 7.99. The fourth-order valence-electron chi connectivity index (χ4n) is 2.10. The zero-order valence-corrected chi connectivity index (χ0v) is 11.2. The third-order valence-electron chi connectivity index (χ3n) is 3.00. The topological polar surface area (TPSA) is 78.0 Å². The van der Waals surface area contributed by atoms with Crippen LogP contribution in [0.15, 0.2) is 0 Å². The average molecular weight is 269 g/mol. The van der Waals surface area contributed by atoms with Crippen LogP contribution in [0, 0.1) is 0 Å². The van der Waals surface area contributed by atoms with Gasteiger partial charge in [0.1, 0.15) is 0 Å². The summed E-state index contributed by atoms with van der Waals surface area (Å²) in [4.78, 5) is 11.9. The predicted octanol–water partition coefficient (Wildman–Crippen LogP) is 0.744. The van der Waals surface area contributed by atoms with Gasteiger partial charge in [0.25, 0.3) is 5.91 Å². The van der Waals surface area contributed by atoms with Gasteiger partial charge in [0.05, 0.1) is 0 Å². The van der Waals surface area contributed by atoms with Gasteiger partial charge in [0.15, 0.2) is 5.69 Å². The molecule has 3 N–H and O–H groups in total. The number of nitrogens with one attached hydrogen (secondary N) is 2. The Labute approximate surface area is 111 Å². The second kappa shape index (κ2) is 6.80. The van der Waals surface area contributed by atoms with E-state index in [1.807, 2.05) is 0 Å². The molecule has 0 aromatic carbocycles. The van der Waals surface area contributed by atoms with Crippen molar-refractivity contribution < 1.29 is 9.90 Å². The van der Waals surface area contributed by atoms with E-state index in [0.717, 1.165) is 48.4 Å². The van der Waals surface area contributed by atoms with E-state index in [9.17, 15) is 4.79 Å². The molecule has 0 atom stereocenters. The molecular weight excluding hydrogens is 250 g/mol. The molecule has 100 valence electrons. The Morgan fingerprint density at radius 1 is 1.44 bits per heavy atom. The lowest BCUT2D eigenvalue weighted by Crippen LogP contribution is -2.27. The number of aryl methyl sites for hydroxylation is 1. The maximum atomic E-state index is 11.9. The fraction of sp³-hybridized carbons (Fsp3) is 0.667. The summed E-state index contributed by atoms with van der Waals surface area (Å²) in [7, 11) is 0. The summed E-state index contributed by atoms with van der Waals surface area (Å²) in [5.74, 6) is 1.74. The summed E-state index contributed by atoms with van der Waals surface area (Å²) in [5.41, 5.74) is 2.79. The van der Waals surface area contributed by atoms with Gasteiger partial charge in [-0.15, -0.1) is 0 Å². The van der Waals surface area contributed by atoms with E-state index in [1.54, 1.807) is 11.8 Å². The van der Waals surface area contributed by atoms with Crippen LogP contribution in [0.25, 0.3) is 0 Å². The van der Waals surface area contributed by atoms with E-state index in [0.29, 0.717) is 12.2 Å². The summed E-state index contributed by atoms with van der Waals surface area (Å²) in [6, 6.07) is 0. The van der Waals surface area contributed by atoms with Crippen molar-refractivity contribution in [2.75, 3.05) is 24.7 Å². The van der Waals surface area contributed by atoms with Crippen LogP contribution >= 0.6 is 11.8 Å². The van der Waals surface area contributed by atoms with Crippen LogP contribution in [0.4, 0.5) is 0 Å². The van der Waals surface area contributed by atoms with Gasteiger partial charge in [0.2, 0.25) is 0 Å². The highest BCUT2D eigenvalue weighted by Gasteiger charge is 2.22. The summed E-state index contributed by atoms with van der Waals surface area (Å²) >= 11 is 1.74. The zero-order valence-electron chi connectivity index (χ0n) is 10.4. The first kappa shape index (κ1) is 13.4. The van der Waals surface area contributed by atoms with Gasteiger partial charge in [0, 0.05) is 30.2 Å². The molecule has 1 aliphatic carbocycles. The van der Waals surface area contributed by atoms with Gasteiger partial charge in [-0.05, 0) is 31.4 Å². The summed E-state index contributed by atoms with van der Waals surface area (Å²) < 4.78 is 0. The molecule has 1 aromatic heterocycles. The molecule has 5 nitrogen and oxygen atoms in total. The Balaban J connectivity index is 1.71. The monoisotopic (exact) mass is 269 g/mol. The molecule has 0 bridgehead atoms. The smallest absolute Gasteiger partial charge is 0.272 e. The number of hydrogen-bond acceptors (Lipinski definition) is 4. The van der Waals surface area contributed by atoms with Crippen LogP contribution < -0.4 is 5.32 Å². The number of aromatic amines is 1. The highest BCUT2D eigenvalue weighted by Crippen LogP contribution is 2.22. The van der Waals surface area contributed by atoms with Crippen LogP contribution in [0.2, 0.25) is 0 Å². The Bertz CT molecular complexity index is 406. The Morgan fingerprint density at radius 2 is 2.33 bits per heavy atom. The van der Waals surface area contributed by atoms with Crippen LogP contribution in [0.5, 0.6) is 0 Å². The normalized spacial score (nSPS) is 13.6. The largest absolute Gasteiger partial charge is 0.396 e. The fourth-order valence-corrected chi connectivity index (χ4v) is 2.88. The number of aromatic nitrogens is 2. The molecule has 1 amide bonds. The van der Waals surface area contributed by atoms with Crippen molar-refractivity contribution >= 4 is 17.7 Å². The molecule has 0 saturated carbocycles. The number of carbonyl (C=O) groups excluding carboxylic acids is 1. The number of H-pyrrole nitrogens is 1. The van der Waals surface area contributed by atoms with Crippen molar-refractivity contribution in [2.45, 2.75) is 25.7 Å². The molecule has 6 heteroatoms. The van der Waals surface area contributed by atoms with Crippen LogP contribution in [-0.4, -0.2) is 45.9 Å². The van der Waals surface area contributed by atoms with E-state index in [2.05, 4.69) is 15.5 Å². The van der Waals surface area contributed by atoms with Crippen LogP contribution in [0.1, 0.15) is 34.6 Å². The maximum absolute atomic E-state index is 11.9. The van der Waals surface area contributed by atoms with Gasteiger partial charge < -0.3 is 10.4 Å². The Hall–Kier alpha value is -1.01. The Kier molecular flexibility index (Phi) is 5.07. The number of rotatable bonds is 7. The number of carbonyl (C=O) groups is 1. The second-order valence-corrected chi connectivity index (χ2v) is 5.55. The number of nitrogens with zero attached hydrogens (tertiary/aromatic N) is 1. The molecule has 0 fully saturated rings. The van der Waals surface area contributed by atoms with E-state index in [-0.39, 0.29) is 12.5 Å². The maximum Gasteiger partial charge on any atom is 0.272 e. The van der Waals surface area contributed by atoms with Crippen molar-refractivity contribution in [3.05, 3.63) is 17.0 Å². The van der Waals surface area contributed by atoms with Gasteiger partial charge in [-0.25, -0.2) is 0 Å². The SMILES string of the molecule is O=C(NCCSCCCO)c1n[nH]c2c1CCC2. The minimum absolute atomic E-state index is 0.0721. The van der Waals surface area contributed by atoms with Crippen LogP contribution in [-0.2, 0) is 12.8 Å². The minimum atomic E-state index is -0.0721. The number of aliphatic hydroxyl groups excluding tert-OH is 1. The second-order valence-electron chi connectivity index (χ2n) is 4.33. The molecule has 0 spiro atoms. The summed E-state index contributed by atoms with van der Waals surface area (Å²) in [5, 5.41) is 18.5. The Morgan fingerprint density at radius 3 is 3.17 bits per heavy atom. The lowest BCUT2D eigenvalue weighted by molar-refractivity contribution is 0.0950. The highest BCUT2D eigenvalue weighted by atomic mass is 32.2. The van der Waals surface area contributed by atoms with Crippen molar-refractivity contribution in [2.24, 2.45) is 0 Å². The quantitative estimate of drug-likeness (QED) is 0.638. The molecule has 1 aromatic rings. The lowest BCUT2D eigenvalue weighted by atomic mass is 10.2. The van der Waals surface area contributed by atoms with Gasteiger partial charge >= 0.3 is 0 Å². The number of fused-ring (bicyclic) bond motifs is 1. The van der Waals surface area contributed by atoms with Gasteiger partial charge in [-0.1, -0.05) is 0 Å². The molecular formula is C12H19N3O2S. The molecule has 0 unspecified atom stereocenters. The van der Waals surface area contributed by atoms with E-state index in [4.69, 9.17) is 5.11 Å². The molecule has 1 heterocycles. The van der Waals surface area contributed by atoms with E-state index < -0.39 is 0 Å². The molecule has 0 aliphatic heterocycles. The minimum Gasteiger partial charge on any atom is -0.396 e. The average Bonchev–Trinajstić information content (AvgIpc) is 2.95. The van der Waals surface area contributed by atoms with Gasteiger partial charge in [-0.3, -0.25) is 9.89 Å². The molecule has 18 heavy (non-hydrogen) atoms.